The van der Waals surface area contributed by atoms with E-state index < -0.39 is 15.8 Å². The van der Waals surface area contributed by atoms with Crippen LogP contribution in [0.5, 0.6) is 5.88 Å². The van der Waals surface area contributed by atoms with Crippen LogP contribution in [0.2, 0.25) is 5.02 Å². The van der Waals surface area contributed by atoms with Crippen LogP contribution in [0.25, 0.3) is 22.0 Å². The highest BCUT2D eigenvalue weighted by Gasteiger charge is 2.23. The molecule has 2 aromatic heterocycles. The Labute approximate surface area is 181 Å². The van der Waals surface area contributed by atoms with Crippen LogP contribution in [0.3, 0.4) is 0 Å². The van der Waals surface area contributed by atoms with Gasteiger partial charge in [-0.2, -0.15) is 0 Å². The van der Waals surface area contributed by atoms with Gasteiger partial charge in [-0.05, 0) is 29.8 Å². The predicted octanol–water partition coefficient (Wildman–Crippen LogP) is 3.88. The number of hydrogen-bond acceptors (Lipinski definition) is 7. The van der Waals surface area contributed by atoms with E-state index >= 15 is 4.39 Å². The van der Waals surface area contributed by atoms with Gasteiger partial charge in [0, 0.05) is 23.3 Å². The lowest BCUT2D eigenvalue weighted by Gasteiger charge is -2.13. The minimum atomic E-state index is -4.24. The Morgan fingerprint density at radius 3 is 2.71 bits per heavy atom. The number of halogens is 2. The van der Waals surface area contributed by atoms with Crippen molar-refractivity contribution in [2.24, 2.45) is 0 Å². The summed E-state index contributed by atoms with van der Waals surface area (Å²) in [5, 5.41) is 0.751. The van der Waals surface area contributed by atoms with E-state index in [1.54, 1.807) is 18.2 Å². The van der Waals surface area contributed by atoms with E-state index in [2.05, 4.69) is 19.7 Å². The summed E-state index contributed by atoms with van der Waals surface area (Å²) in [6.45, 7) is 0. The minimum absolute atomic E-state index is 0.0921. The molecule has 0 atom stereocenters. The fourth-order valence-corrected chi connectivity index (χ4v) is 4.43. The Balaban J connectivity index is 1.75. The molecule has 11 heteroatoms. The molecule has 2 aromatic carbocycles. The number of aromatic nitrogens is 3. The summed E-state index contributed by atoms with van der Waals surface area (Å²) < 4.78 is 48.2. The van der Waals surface area contributed by atoms with Crippen molar-refractivity contribution in [3.63, 3.8) is 0 Å². The molecule has 0 saturated heterocycles. The van der Waals surface area contributed by atoms with Crippen LogP contribution in [0, 0.1) is 5.82 Å². The molecular formula is C20H15ClFN5O3S. The molecule has 31 heavy (non-hydrogen) atoms. The molecular weight excluding hydrogens is 445 g/mol. The lowest BCUT2D eigenvalue weighted by Crippen LogP contribution is -2.16. The summed E-state index contributed by atoms with van der Waals surface area (Å²) in [4.78, 5) is 11.6. The fourth-order valence-electron chi connectivity index (χ4n) is 3.00. The van der Waals surface area contributed by atoms with E-state index in [9.17, 15) is 8.42 Å². The third-order valence-corrected chi connectivity index (χ3v) is 5.99. The molecule has 0 saturated carbocycles. The van der Waals surface area contributed by atoms with Gasteiger partial charge in [-0.3, -0.25) is 4.72 Å². The normalized spacial score (nSPS) is 11.5. The monoisotopic (exact) mass is 459 g/mol. The highest BCUT2D eigenvalue weighted by atomic mass is 35.5. The van der Waals surface area contributed by atoms with Gasteiger partial charge in [0.05, 0.1) is 23.3 Å². The highest BCUT2D eigenvalue weighted by Crippen LogP contribution is 2.32. The van der Waals surface area contributed by atoms with Crippen molar-refractivity contribution in [3.8, 4) is 17.0 Å². The molecule has 0 aliphatic heterocycles. The molecule has 158 valence electrons. The third kappa shape index (κ3) is 4.07. The summed E-state index contributed by atoms with van der Waals surface area (Å²) in [5.41, 5.74) is 6.65. The Hall–Kier alpha value is -3.50. The van der Waals surface area contributed by atoms with Gasteiger partial charge in [0.25, 0.3) is 10.0 Å². The molecule has 0 radical (unpaired) electrons. The van der Waals surface area contributed by atoms with Gasteiger partial charge in [-0.1, -0.05) is 29.8 Å². The van der Waals surface area contributed by atoms with Crippen molar-refractivity contribution in [2.45, 2.75) is 4.90 Å². The maximum atomic E-state index is 15.3. The summed E-state index contributed by atoms with van der Waals surface area (Å²) in [7, 11) is -2.96. The molecule has 3 N–H and O–H groups in total. The van der Waals surface area contributed by atoms with Crippen molar-refractivity contribution < 1.29 is 17.5 Å². The number of nitrogens with zero attached hydrogens (tertiary/aromatic N) is 3. The average Bonchev–Trinajstić information content (AvgIpc) is 2.75. The Kier molecular flexibility index (Phi) is 5.34. The number of rotatable bonds is 5. The van der Waals surface area contributed by atoms with E-state index in [1.165, 1.54) is 43.8 Å². The smallest absolute Gasteiger partial charge is 0.267 e. The number of methoxy groups -OCH3 is 1. The SMILES string of the molecule is COc1ncc(Cl)cc1S(=O)(=O)Nc1cccc(-c2ccc3nc(N)ncc3c2)c1F. The van der Waals surface area contributed by atoms with Gasteiger partial charge in [0.1, 0.15) is 0 Å². The standard InChI is InChI=1S/C20H15ClFN5O3S/c1-30-19-17(8-13(21)10-24-19)31(28,29)27-16-4-2-3-14(18(16)22)11-5-6-15-12(7-11)9-25-20(23)26-15/h2-10,27H,1H3,(H2,23,25,26). The molecule has 0 bridgehead atoms. The van der Waals surface area contributed by atoms with Crippen molar-refractivity contribution in [1.82, 2.24) is 15.0 Å². The first kappa shape index (κ1) is 20.8. The first-order valence-electron chi connectivity index (χ1n) is 8.82. The van der Waals surface area contributed by atoms with E-state index in [1.807, 2.05) is 0 Å². The van der Waals surface area contributed by atoms with Crippen molar-refractivity contribution in [3.05, 3.63) is 65.7 Å². The second-order valence-corrected chi connectivity index (χ2v) is 8.52. The number of benzene rings is 2. The zero-order chi connectivity index (χ0) is 22.2. The van der Waals surface area contributed by atoms with E-state index in [0.29, 0.717) is 16.5 Å². The zero-order valence-corrected chi connectivity index (χ0v) is 17.6. The second-order valence-electron chi connectivity index (χ2n) is 6.44. The summed E-state index contributed by atoms with van der Waals surface area (Å²) in [6, 6.07) is 10.6. The number of hydrogen-bond donors (Lipinski definition) is 2. The highest BCUT2D eigenvalue weighted by molar-refractivity contribution is 7.92. The molecule has 2 heterocycles. The average molecular weight is 460 g/mol. The maximum absolute atomic E-state index is 15.3. The van der Waals surface area contributed by atoms with Crippen LogP contribution >= 0.6 is 11.6 Å². The van der Waals surface area contributed by atoms with Crippen LogP contribution in [0.4, 0.5) is 16.0 Å². The molecule has 0 aliphatic carbocycles. The van der Waals surface area contributed by atoms with Gasteiger partial charge >= 0.3 is 0 Å². The maximum Gasteiger partial charge on any atom is 0.267 e. The van der Waals surface area contributed by atoms with Crippen molar-refractivity contribution in [2.75, 3.05) is 17.6 Å². The molecule has 4 aromatic rings. The number of anilines is 2. The van der Waals surface area contributed by atoms with Crippen LogP contribution in [0.1, 0.15) is 0 Å². The molecule has 0 aliphatic rings. The third-order valence-electron chi connectivity index (χ3n) is 4.42. The van der Waals surface area contributed by atoms with Crippen LogP contribution in [-0.2, 0) is 10.0 Å². The van der Waals surface area contributed by atoms with E-state index in [4.69, 9.17) is 22.1 Å². The number of nitrogens with two attached hydrogens (primary N) is 1. The summed E-state index contributed by atoms with van der Waals surface area (Å²) in [6.07, 6.45) is 2.78. The number of fused-ring (bicyclic) bond motifs is 1. The number of nitrogens with one attached hydrogen (secondary N) is 1. The summed E-state index contributed by atoms with van der Waals surface area (Å²) in [5.74, 6) is -0.785. The second kappa shape index (κ2) is 7.97. The van der Waals surface area contributed by atoms with Gasteiger partial charge in [-0.15, -0.1) is 0 Å². The number of pyridine rings is 1. The molecule has 8 nitrogen and oxygen atoms in total. The Morgan fingerprint density at radius 1 is 1.13 bits per heavy atom. The van der Waals surface area contributed by atoms with E-state index in [-0.39, 0.29) is 33.0 Å². The molecule has 0 unspecified atom stereocenters. The number of sulfonamides is 1. The first-order chi connectivity index (χ1) is 14.8. The number of ether oxygens (including phenoxy) is 1. The zero-order valence-electron chi connectivity index (χ0n) is 16.0. The lowest BCUT2D eigenvalue weighted by atomic mass is 10.0. The Bertz CT molecular complexity index is 1420. The minimum Gasteiger partial charge on any atom is -0.480 e. The molecule has 0 amide bonds. The Morgan fingerprint density at radius 2 is 1.94 bits per heavy atom. The summed E-state index contributed by atoms with van der Waals surface area (Å²) >= 11 is 5.87. The van der Waals surface area contributed by atoms with Crippen LogP contribution in [0.15, 0.2) is 59.8 Å². The van der Waals surface area contributed by atoms with Gasteiger partial charge in [0.2, 0.25) is 11.8 Å². The van der Waals surface area contributed by atoms with Crippen LogP contribution < -0.4 is 15.2 Å². The van der Waals surface area contributed by atoms with Crippen molar-refractivity contribution >= 4 is 44.2 Å². The van der Waals surface area contributed by atoms with Gasteiger partial charge in [0.15, 0.2) is 10.7 Å². The molecule has 0 spiro atoms. The quantitative estimate of drug-likeness (QED) is 0.464. The molecule has 0 fully saturated rings. The number of nitrogen functional groups attached to an aromatic ring is 1. The first-order valence-corrected chi connectivity index (χ1v) is 10.7. The predicted molar refractivity (Wildman–Crippen MR) is 116 cm³/mol. The molecule has 4 rings (SSSR count). The largest absolute Gasteiger partial charge is 0.480 e. The topological polar surface area (TPSA) is 120 Å². The van der Waals surface area contributed by atoms with E-state index in [0.717, 1.165) is 0 Å². The van der Waals surface area contributed by atoms with Gasteiger partial charge < -0.3 is 10.5 Å². The van der Waals surface area contributed by atoms with Crippen LogP contribution in [-0.4, -0.2) is 30.5 Å². The lowest BCUT2D eigenvalue weighted by molar-refractivity contribution is 0.385. The van der Waals surface area contributed by atoms with Crippen molar-refractivity contribution in [1.29, 1.82) is 0 Å². The fraction of sp³-hybridized carbons (Fsp3) is 0.0500. The van der Waals surface area contributed by atoms with Gasteiger partial charge in [-0.25, -0.2) is 27.8 Å².